The first-order valence-electron chi connectivity index (χ1n) is 10.3. The van der Waals surface area contributed by atoms with Gasteiger partial charge in [0.1, 0.15) is 17.7 Å². The molecule has 1 amide bonds. The predicted molar refractivity (Wildman–Crippen MR) is 119 cm³/mol. The lowest BCUT2D eigenvalue weighted by Gasteiger charge is -2.31. The molecular formula is C25H27N3O2. The molecule has 1 fully saturated rings. The number of carbonyl (C=O) groups is 1. The van der Waals surface area contributed by atoms with Gasteiger partial charge in [0, 0.05) is 17.5 Å². The number of nitrogens with one attached hydrogen (secondary N) is 1. The largest absolute Gasteiger partial charge is 0.457 e. The molecule has 1 heterocycles. The third-order valence-electron chi connectivity index (χ3n) is 5.57. The van der Waals surface area contributed by atoms with Crippen LogP contribution in [-0.4, -0.2) is 17.0 Å². The Morgan fingerprint density at radius 3 is 2.37 bits per heavy atom. The van der Waals surface area contributed by atoms with Crippen LogP contribution in [-0.2, 0) is 0 Å². The third-order valence-corrected chi connectivity index (χ3v) is 5.57. The van der Waals surface area contributed by atoms with Crippen molar-refractivity contribution in [2.75, 3.05) is 0 Å². The summed E-state index contributed by atoms with van der Waals surface area (Å²) in [4.78, 5) is 14.7. The van der Waals surface area contributed by atoms with Crippen LogP contribution in [0.4, 0.5) is 0 Å². The van der Waals surface area contributed by atoms with Crippen LogP contribution in [0.1, 0.15) is 37.0 Å². The number of nitrogens with zero attached hydrogens (tertiary/aromatic N) is 1. The number of para-hydroxylation sites is 1. The van der Waals surface area contributed by atoms with Crippen molar-refractivity contribution in [3.8, 4) is 11.5 Å². The maximum absolute atomic E-state index is 12.7. The highest BCUT2D eigenvalue weighted by Crippen LogP contribution is 2.38. The monoisotopic (exact) mass is 401 g/mol. The summed E-state index contributed by atoms with van der Waals surface area (Å²) in [6.07, 6.45) is 7.94. The lowest BCUT2D eigenvalue weighted by molar-refractivity contribution is 0.0966. The molecule has 2 aromatic carbocycles. The van der Waals surface area contributed by atoms with Crippen molar-refractivity contribution in [3.05, 3.63) is 95.5 Å². The second kappa shape index (κ2) is 8.59. The minimum Gasteiger partial charge on any atom is -0.457 e. The van der Waals surface area contributed by atoms with E-state index in [0.29, 0.717) is 22.9 Å². The van der Waals surface area contributed by atoms with Gasteiger partial charge >= 0.3 is 0 Å². The predicted octanol–water partition coefficient (Wildman–Crippen LogP) is 4.91. The Hall–Kier alpha value is -3.31. The molecule has 2 aliphatic rings. The number of ether oxygens (including phenoxy) is 1. The quantitative estimate of drug-likeness (QED) is 0.722. The van der Waals surface area contributed by atoms with Gasteiger partial charge in [-0.2, -0.15) is 0 Å². The minimum absolute atomic E-state index is 0.173. The van der Waals surface area contributed by atoms with Gasteiger partial charge in [-0.15, -0.1) is 0 Å². The van der Waals surface area contributed by atoms with Crippen molar-refractivity contribution in [2.45, 2.75) is 32.9 Å². The zero-order valence-electron chi connectivity index (χ0n) is 17.3. The summed E-state index contributed by atoms with van der Waals surface area (Å²) in [5, 5.41) is 2.97. The average molecular weight is 402 g/mol. The first kappa shape index (κ1) is 20.0. The first-order valence-corrected chi connectivity index (χ1v) is 10.3. The van der Waals surface area contributed by atoms with Gasteiger partial charge in [0.15, 0.2) is 0 Å². The molecule has 1 aliphatic carbocycles. The summed E-state index contributed by atoms with van der Waals surface area (Å²) in [5.74, 6) is 1.94. The van der Waals surface area contributed by atoms with Gasteiger partial charge in [0.25, 0.3) is 5.91 Å². The topological polar surface area (TPSA) is 67.6 Å². The van der Waals surface area contributed by atoms with Crippen LogP contribution < -0.4 is 15.8 Å². The summed E-state index contributed by atoms with van der Waals surface area (Å²) in [7, 11) is 0. The number of carbonyl (C=O) groups excluding carboxylic acids is 1. The number of amides is 1. The van der Waals surface area contributed by atoms with E-state index in [1.165, 1.54) is 18.4 Å². The molecule has 0 bridgehead atoms. The molecule has 0 saturated heterocycles. The molecule has 4 rings (SSSR count). The van der Waals surface area contributed by atoms with Crippen LogP contribution in [0.5, 0.6) is 11.5 Å². The van der Waals surface area contributed by atoms with E-state index in [4.69, 9.17) is 10.5 Å². The summed E-state index contributed by atoms with van der Waals surface area (Å²) < 4.78 is 5.78. The highest BCUT2D eigenvalue weighted by molar-refractivity contribution is 5.95. The van der Waals surface area contributed by atoms with Crippen molar-refractivity contribution in [1.82, 2.24) is 10.2 Å². The summed E-state index contributed by atoms with van der Waals surface area (Å²) in [6, 6.07) is 16.6. The van der Waals surface area contributed by atoms with Crippen LogP contribution in [0.2, 0.25) is 0 Å². The molecule has 0 radical (unpaired) electrons. The van der Waals surface area contributed by atoms with Gasteiger partial charge in [-0.1, -0.05) is 23.8 Å². The number of benzene rings is 2. The maximum Gasteiger partial charge on any atom is 0.255 e. The smallest absolute Gasteiger partial charge is 0.255 e. The van der Waals surface area contributed by atoms with E-state index in [1.54, 1.807) is 24.3 Å². The van der Waals surface area contributed by atoms with Crippen LogP contribution in [0.15, 0.2) is 89.9 Å². The fourth-order valence-electron chi connectivity index (χ4n) is 3.49. The fraction of sp³-hybridized carbons (Fsp3) is 0.240. The molecule has 1 unspecified atom stereocenters. The Balaban J connectivity index is 1.43. The van der Waals surface area contributed by atoms with Crippen molar-refractivity contribution >= 4 is 5.91 Å². The van der Waals surface area contributed by atoms with Crippen molar-refractivity contribution in [3.63, 3.8) is 0 Å². The Morgan fingerprint density at radius 1 is 1.03 bits per heavy atom. The lowest BCUT2D eigenvalue weighted by Crippen LogP contribution is -2.39. The zero-order valence-corrected chi connectivity index (χ0v) is 17.3. The van der Waals surface area contributed by atoms with E-state index in [1.807, 2.05) is 53.6 Å². The molecule has 2 aromatic rings. The minimum atomic E-state index is -0.228. The van der Waals surface area contributed by atoms with Gasteiger partial charge < -0.3 is 20.7 Å². The van der Waals surface area contributed by atoms with Crippen LogP contribution in [0.25, 0.3) is 0 Å². The Labute approximate surface area is 177 Å². The van der Waals surface area contributed by atoms with E-state index in [2.05, 4.69) is 19.2 Å². The number of allylic oxidation sites excluding steroid dienone is 3. The molecule has 1 aliphatic heterocycles. The van der Waals surface area contributed by atoms with Crippen molar-refractivity contribution in [1.29, 1.82) is 0 Å². The normalized spacial score (nSPS) is 19.1. The Kier molecular flexibility index (Phi) is 5.72. The van der Waals surface area contributed by atoms with E-state index >= 15 is 0 Å². The van der Waals surface area contributed by atoms with E-state index in [-0.39, 0.29) is 12.1 Å². The molecule has 154 valence electrons. The molecule has 1 saturated carbocycles. The summed E-state index contributed by atoms with van der Waals surface area (Å²) in [6.45, 7) is 4.26. The Morgan fingerprint density at radius 2 is 1.70 bits per heavy atom. The van der Waals surface area contributed by atoms with Crippen LogP contribution >= 0.6 is 0 Å². The second-order valence-corrected chi connectivity index (χ2v) is 7.78. The highest BCUT2D eigenvalue weighted by Gasteiger charge is 2.27. The van der Waals surface area contributed by atoms with Crippen molar-refractivity contribution < 1.29 is 9.53 Å². The lowest BCUT2D eigenvalue weighted by atomic mass is 10.1. The van der Waals surface area contributed by atoms with E-state index < -0.39 is 0 Å². The molecule has 0 spiro atoms. The van der Waals surface area contributed by atoms with Gasteiger partial charge in [-0.3, -0.25) is 4.79 Å². The Bertz CT molecular complexity index is 1000. The maximum atomic E-state index is 12.7. The molecule has 3 N–H and O–H groups in total. The summed E-state index contributed by atoms with van der Waals surface area (Å²) >= 11 is 0. The van der Waals surface area contributed by atoms with E-state index in [0.717, 1.165) is 11.4 Å². The van der Waals surface area contributed by atoms with Crippen LogP contribution in [0.3, 0.4) is 0 Å². The highest BCUT2D eigenvalue weighted by atomic mass is 16.5. The molecule has 1 atom stereocenters. The van der Waals surface area contributed by atoms with Crippen molar-refractivity contribution in [2.24, 2.45) is 11.7 Å². The number of rotatable bonds is 6. The third kappa shape index (κ3) is 4.63. The average Bonchev–Trinajstić information content (AvgIpc) is 3.61. The molecule has 5 nitrogen and oxygen atoms in total. The standard InChI is InChI=1S/C25H27N3O2/c1-17(19-8-9-19)18(2)28-16-21(12-15-24(28)26)27-25(29)20-10-13-23(14-11-20)30-22-6-4-3-5-7-22/h3-7,10-16,19,24H,8-9,26H2,1-2H3,(H,27,29)/b18-17+. The summed E-state index contributed by atoms with van der Waals surface area (Å²) in [5.41, 5.74) is 10.1. The molecule has 5 heteroatoms. The van der Waals surface area contributed by atoms with Gasteiger partial charge in [0.05, 0.1) is 5.70 Å². The molecule has 0 aromatic heterocycles. The van der Waals surface area contributed by atoms with E-state index in [9.17, 15) is 4.79 Å². The number of nitrogens with two attached hydrogens (primary N) is 1. The zero-order chi connectivity index (χ0) is 21.1. The fourth-order valence-corrected chi connectivity index (χ4v) is 3.49. The van der Waals surface area contributed by atoms with Gasteiger partial charge in [0.2, 0.25) is 0 Å². The molecular weight excluding hydrogens is 374 g/mol. The SMILES string of the molecule is C/C(=C(/C)N1C=C(NC(=O)c2ccc(Oc3ccccc3)cc2)C=CC1N)C1CC1. The number of hydrogen-bond donors (Lipinski definition) is 2. The second-order valence-electron chi connectivity index (χ2n) is 7.78. The molecule has 30 heavy (non-hydrogen) atoms. The van der Waals surface area contributed by atoms with Gasteiger partial charge in [-0.25, -0.2) is 0 Å². The number of hydrogen-bond acceptors (Lipinski definition) is 4. The first-order chi connectivity index (χ1) is 14.5. The van der Waals surface area contributed by atoms with Crippen LogP contribution in [0, 0.1) is 5.92 Å². The van der Waals surface area contributed by atoms with Gasteiger partial charge in [-0.05, 0) is 81.2 Å².